The maximum atomic E-state index is 11.3. The van der Waals surface area contributed by atoms with Crippen LogP contribution in [0, 0.1) is 0 Å². The molecular weight excluding hydrogens is 1090 g/mol. The van der Waals surface area contributed by atoms with E-state index in [2.05, 4.69) is 57.2 Å². The van der Waals surface area contributed by atoms with E-state index in [1.54, 1.807) is 87.2 Å². The fraction of sp³-hybridized carbons (Fsp3) is 0.258. The molecule has 14 N–H and O–H groups in total. The van der Waals surface area contributed by atoms with Crippen LogP contribution in [-0.2, 0) is 25.7 Å². The number of halogens is 2. The summed E-state index contributed by atoms with van der Waals surface area (Å²) in [5.74, 6) is 1.76. The molecule has 0 saturated heterocycles. The third kappa shape index (κ3) is 26.7. The molecule has 2 aliphatic heterocycles. The van der Waals surface area contributed by atoms with Crippen molar-refractivity contribution in [3.8, 4) is 34.5 Å². The first kappa shape index (κ1) is 75.7. The van der Waals surface area contributed by atoms with Crippen molar-refractivity contribution in [3.05, 3.63) is 214 Å². The fourth-order valence-corrected chi connectivity index (χ4v) is 6.98. The summed E-state index contributed by atoms with van der Waals surface area (Å²) in [5, 5.41) is 62.4. The number of aromatic hydroxyl groups is 4. The van der Waals surface area contributed by atoms with Gasteiger partial charge in [-0.1, -0.05) is 58.9 Å². The first-order valence-corrected chi connectivity index (χ1v) is 25.4. The number of phenols is 4. The minimum atomic E-state index is -0.140. The number of phenolic OH excluding ortho intramolecular Hbond substituents is 4. The van der Waals surface area contributed by atoms with Gasteiger partial charge >= 0.3 is 0 Å². The molecule has 1 unspecified atom stereocenters. The highest BCUT2D eigenvalue weighted by atomic mass is 35.5. The highest BCUT2D eigenvalue weighted by Gasteiger charge is 2.27. The molecule has 0 amide bonds. The first-order valence-electron chi connectivity index (χ1n) is 24.8. The number of rotatable bonds is 10. The number of aromatic nitrogens is 2. The second-order valence-corrected chi connectivity index (χ2v) is 18.5. The van der Waals surface area contributed by atoms with Crippen molar-refractivity contribution in [1.29, 1.82) is 0 Å². The second-order valence-electron chi connectivity index (χ2n) is 18.5. The van der Waals surface area contributed by atoms with Gasteiger partial charge in [0.1, 0.15) is 46.7 Å². The Morgan fingerprint density at radius 1 is 0.524 bits per heavy atom. The Bertz CT molecular complexity index is 2970. The Morgan fingerprint density at radius 3 is 1.21 bits per heavy atom. The molecule has 18 nitrogen and oxygen atoms in total. The van der Waals surface area contributed by atoms with E-state index in [0.717, 1.165) is 45.4 Å². The van der Waals surface area contributed by atoms with E-state index in [1.807, 2.05) is 96.2 Å². The number of oxime groups is 2. The molecule has 6 aromatic rings. The second kappa shape index (κ2) is 40.8. The number of carbonyl (C=O) groups is 2. The van der Waals surface area contributed by atoms with E-state index >= 15 is 0 Å². The van der Waals surface area contributed by atoms with Crippen LogP contribution in [-0.4, -0.2) is 85.3 Å². The van der Waals surface area contributed by atoms with Gasteiger partial charge < -0.3 is 52.6 Å². The van der Waals surface area contributed by atoms with Gasteiger partial charge in [0.2, 0.25) is 0 Å². The van der Waals surface area contributed by atoms with Crippen molar-refractivity contribution < 1.29 is 59.2 Å². The Balaban J connectivity index is 0. The topological polar surface area (TPSA) is 335 Å². The summed E-state index contributed by atoms with van der Waals surface area (Å²) in [5.41, 5.74) is 11.1. The summed E-state index contributed by atoms with van der Waals surface area (Å²) in [7, 11) is 0. The molecule has 444 valence electrons. The number of allylic oxidation sites excluding steroid dienone is 4. The van der Waals surface area contributed by atoms with Crippen molar-refractivity contribution in [1.82, 2.24) is 22.3 Å². The maximum absolute atomic E-state index is 11.3. The summed E-state index contributed by atoms with van der Waals surface area (Å²) in [6, 6.07) is 28.2. The summed E-state index contributed by atoms with van der Waals surface area (Å²) < 4.78 is 24.2. The average molecular weight is 1170 g/mol. The molecule has 2 atom stereocenters. The lowest BCUT2D eigenvalue weighted by molar-refractivity contribution is 0.100. The number of benzene rings is 4. The van der Waals surface area contributed by atoms with Crippen LogP contribution < -0.4 is 21.8 Å². The lowest BCUT2D eigenvalue weighted by Gasteiger charge is -2.09. The number of Topliss-reactive ketones (excluding diaryl/α,β-unsaturated/α-hetero) is 2. The maximum Gasteiger partial charge on any atom is 0.163 e. The van der Waals surface area contributed by atoms with Crippen LogP contribution >= 0.6 is 23.7 Å². The summed E-state index contributed by atoms with van der Waals surface area (Å²) in [6.45, 7) is 25.9. The zero-order valence-corrected chi connectivity index (χ0v) is 49.8. The van der Waals surface area contributed by atoms with Gasteiger partial charge in [0.05, 0.1) is 40.7 Å². The van der Waals surface area contributed by atoms with Crippen LogP contribution in [0.1, 0.15) is 123 Å². The van der Waals surface area contributed by atoms with E-state index < -0.39 is 0 Å². The van der Waals surface area contributed by atoms with Gasteiger partial charge in [0.25, 0.3) is 0 Å². The minimum absolute atomic E-state index is 0. The number of ether oxygens (including phenoxy) is 2. The van der Waals surface area contributed by atoms with E-state index in [-0.39, 0.29) is 59.1 Å². The molecule has 0 radical (unpaired) electrons. The van der Waals surface area contributed by atoms with Crippen molar-refractivity contribution in [3.63, 3.8) is 0 Å². The third-order valence-corrected chi connectivity index (χ3v) is 11.5. The molecule has 4 heterocycles. The van der Waals surface area contributed by atoms with E-state index in [0.29, 0.717) is 58.9 Å². The quantitative estimate of drug-likeness (QED) is 0.0200. The zero-order valence-electron chi connectivity index (χ0n) is 48.3. The van der Waals surface area contributed by atoms with Gasteiger partial charge in [-0.05, 0) is 194 Å². The number of pyridine rings is 2. The van der Waals surface area contributed by atoms with Crippen LogP contribution in [0.5, 0.6) is 34.5 Å². The lowest BCUT2D eigenvalue weighted by Crippen LogP contribution is -2.13. The van der Waals surface area contributed by atoms with Crippen molar-refractivity contribution in [2.24, 2.45) is 10.3 Å². The molecule has 82 heavy (non-hydrogen) atoms. The van der Waals surface area contributed by atoms with Gasteiger partial charge in [0, 0.05) is 60.9 Å². The van der Waals surface area contributed by atoms with E-state index in [4.69, 9.17) is 29.2 Å². The first-order chi connectivity index (χ1) is 38.1. The highest BCUT2D eigenvalue weighted by molar-refractivity contribution is 6.05. The smallest absolute Gasteiger partial charge is 0.163 e. The summed E-state index contributed by atoms with van der Waals surface area (Å²) >= 11 is 7.28. The predicted octanol–water partition coefficient (Wildman–Crippen LogP) is 13.9. The monoisotopic (exact) mass is 1170 g/mol. The molecule has 0 saturated carbocycles. The minimum Gasteiger partial charge on any atom is -0.508 e. The Morgan fingerprint density at radius 2 is 0.890 bits per heavy atom. The number of nitrogens with zero attached hydrogens (tertiary/aromatic N) is 4. The van der Waals surface area contributed by atoms with Crippen LogP contribution in [0.15, 0.2) is 180 Å². The molecule has 2 aromatic heterocycles. The SMILES string of the molecule is C=C(C)C1Cc2cc(/C(C)=N/O)c(O)cc2O1.C=C(C)[C@@H]1Cc2cc(C(C)=O)c(O)cc2O1.CC(=O)c1ccc(O)c(CC=C(C)C)c1.CC(C)=CCc1cc(/C(C)=N/O)ccc1O.N.N.OCl.OCl.c1ccncc1.c1ccncc1. The molecule has 8 rings (SSSR count). The fourth-order valence-electron chi connectivity index (χ4n) is 6.98. The Hall–Kier alpha value is -8.36. The molecular formula is C62H80Cl2N6O12. The van der Waals surface area contributed by atoms with Gasteiger partial charge in [-0.25, -0.2) is 0 Å². The number of hydrogen-bond donors (Lipinski definition) is 10. The predicted molar refractivity (Wildman–Crippen MR) is 327 cm³/mol. The molecule has 0 bridgehead atoms. The van der Waals surface area contributed by atoms with Crippen LogP contribution in [0.3, 0.4) is 0 Å². The van der Waals surface area contributed by atoms with Crippen molar-refractivity contribution in [2.75, 3.05) is 0 Å². The van der Waals surface area contributed by atoms with Crippen LogP contribution in [0.4, 0.5) is 0 Å². The number of ketones is 2. The Labute approximate surface area is 491 Å². The standard InChI is InChI=1S/C13H15NO3.C13H17NO2.C13H14O3.C13H16O2.2C5H5N.2ClHO.2H3N/c1-7(2)12-5-9-4-10(8(3)14-16)11(15)6-13(9)17-12;1-9(2)4-5-12-8-11(10(3)14-16)6-7-13(12)15;1-7(2)12-5-9-4-10(8(3)14)11(15)6-13(9)16-12;1-9(2)4-5-12-8-11(10(3)14)6-7-13(12)15;2*1-2-4-6-5-3-1;2*1-2;;/h4,6,12,15-16H,1,5H2,2-3H3;4,6-8,15-16H,5H2,1-3H3;4,6,12,15H,1,5H2,2-3H3;4,6-8,15H,5H2,1-3H3;2*1-5H;2*2H;2*1H3/b14-8+;14-10+;;;;;;;;/t;;12-;;;;;;;/m..0......./s1. The number of carbonyl (C=O) groups excluding carboxylic acids is 2. The summed E-state index contributed by atoms with van der Waals surface area (Å²) in [6.07, 6.45) is 13.8. The van der Waals surface area contributed by atoms with Gasteiger partial charge in [-0.2, -0.15) is 0 Å². The Kier molecular flexibility index (Phi) is 37.6. The highest BCUT2D eigenvalue weighted by Crippen LogP contribution is 2.38. The van der Waals surface area contributed by atoms with Crippen LogP contribution in [0.25, 0.3) is 0 Å². The number of fused-ring (bicyclic) bond motifs is 2. The van der Waals surface area contributed by atoms with Crippen molar-refractivity contribution in [2.45, 2.75) is 107 Å². The van der Waals surface area contributed by atoms with Gasteiger partial charge in [-0.15, -0.1) is 0 Å². The molecule has 0 spiro atoms. The lowest BCUT2D eigenvalue weighted by atomic mass is 10.0. The third-order valence-electron chi connectivity index (χ3n) is 11.5. The van der Waals surface area contributed by atoms with Crippen molar-refractivity contribution >= 4 is 46.7 Å². The molecule has 20 heteroatoms. The normalized spacial score (nSPS) is 12.7. The molecule has 2 aliphatic rings. The van der Waals surface area contributed by atoms with E-state index in [9.17, 15) is 30.0 Å². The molecule has 0 fully saturated rings. The van der Waals surface area contributed by atoms with E-state index in [1.165, 1.54) is 31.1 Å². The molecule has 0 aliphatic carbocycles. The largest absolute Gasteiger partial charge is 0.508 e. The van der Waals surface area contributed by atoms with Gasteiger partial charge in [0.15, 0.2) is 11.6 Å². The average Bonchev–Trinajstić information content (AvgIpc) is 4.10. The molecule has 4 aromatic carbocycles. The van der Waals surface area contributed by atoms with Gasteiger partial charge in [-0.3, -0.25) is 28.9 Å². The zero-order chi connectivity index (χ0) is 60.5. The number of hydrogen-bond acceptors (Lipinski definition) is 18. The van der Waals surface area contributed by atoms with Crippen LogP contribution in [0.2, 0.25) is 0 Å². The summed E-state index contributed by atoms with van der Waals surface area (Å²) in [4.78, 5) is 30.0.